The minimum absolute atomic E-state index is 0.260. The fourth-order valence-corrected chi connectivity index (χ4v) is 1.62. The summed E-state index contributed by atoms with van der Waals surface area (Å²) in [5.41, 5.74) is 0.262. The van der Waals surface area contributed by atoms with Gasteiger partial charge in [-0.05, 0) is 32.9 Å². The Balaban J connectivity index is 2.40. The van der Waals surface area contributed by atoms with Crippen molar-refractivity contribution in [3.63, 3.8) is 0 Å². The van der Waals surface area contributed by atoms with Gasteiger partial charge in [0, 0.05) is 20.1 Å². The van der Waals surface area contributed by atoms with Crippen molar-refractivity contribution in [2.75, 3.05) is 25.5 Å². The number of nitriles is 1. The number of carbonyl (C=O) groups excluding carboxylic acids is 2. The van der Waals surface area contributed by atoms with E-state index in [2.05, 4.69) is 10.6 Å². The zero-order chi connectivity index (χ0) is 17.5. The first-order valence-electron chi connectivity index (χ1n) is 7.21. The quantitative estimate of drug-likeness (QED) is 0.892. The SMILES string of the molecule is CN(CCNC(=O)Nc1ccccc1C#N)C(=O)OC(C)(C)C. The third-order valence-corrected chi connectivity index (χ3v) is 2.73. The van der Waals surface area contributed by atoms with Crippen LogP contribution in [0.15, 0.2) is 24.3 Å². The standard InChI is InChI=1S/C16H22N4O3/c1-16(2,3)23-15(22)20(4)10-9-18-14(21)19-13-8-6-5-7-12(13)11-17/h5-8H,9-10H2,1-4H3,(H2,18,19,21). The Morgan fingerprint density at radius 3 is 2.57 bits per heavy atom. The molecule has 1 aromatic carbocycles. The number of carbonyl (C=O) groups is 2. The minimum Gasteiger partial charge on any atom is -0.444 e. The summed E-state index contributed by atoms with van der Waals surface area (Å²) in [4.78, 5) is 24.9. The number of likely N-dealkylation sites (N-methyl/N-ethyl adjacent to an activating group) is 1. The van der Waals surface area contributed by atoms with Crippen LogP contribution in [0.25, 0.3) is 0 Å². The fraction of sp³-hybridized carbons (Fsp3) is 0.438. The van der Waals surface area contributed by atoms with Gasteiger partial charge < -0.3 is 20.3 Å². The van der Waals surface area contributed by atoms with Crippen LogP contribution in [0, 0.1) is 11.3 Å². The summed E-state index contributed by atoms with van der Waals surface area (Å²) in [7, 11) is 1.60. The Hall–Kier alpha value is -2.75. The van der Waals surface area contributed by atoms with E-state index in [1.165, 1.54) is 4.90 Å². The number of nitrogens with one attached hydrogen (secondary N) is 2. The highest BCUT2D eigenvalue weighted by atomic mass is 16.6. The molecule has 1 aromatic rings. The zero-order valence-corrected chi connectivity index (χ0v) is 13.8. The van der Waals surface area contributed by atoms with Crippen molar-refractivity contribution in [1.82, 2.24) is 10.2 Å². The first-order valence-corrected chi connectivity index (χ1v) is 7.21. The Morgan fingerprint density at radius 1 is 1.30 bits per heavy atom. The monoisotopic (exact) mass is 318 g/mol. The van der Waals surface area contributed by atoms with Gasteiger partial charge in [0.1, 0.15) is 11.7 Å². The third kappa shape index (κ3) is 6.70. The van der Waals surface area contributed by atoms with E-state index < -0.39 is 17.7 Å². The number of benzene rings is 1. The lowest BCUT2D eigenvalue weighted by atomic mass is 10.2. The molecule has 0 spiro atoms. The van der Waals surface area contributed by atoms with E-state index in [0.717, 1.165) is 0 Å². The van der Waals surface area contributed by atoms with E-state index in [1.54, 1.807) is 52.1 Å². The van der Waals surface area contributed by atoms with Crippen LogP contribution >= 0.6 is 0 Å². The molecule has 2 N–H and O–H groups in total. The largest absolute Gasteiger partial charge is 0.444 e. The van der Waals surface area contributed by atoms with Crippen LogP contribution in [0.1, 0.15) is 26.3 Å². The zero-order valence-electron chi connectivity index (χ0n) is 13.8. The smallest absolute Gasteiger partial charge is 0.410 e. The van der Waals surface area contributed by atoms with Crippen molar-refractivity contribution in [2.45, 2.75) is 26.4 Å². The summed E-state index contributed by atoms with van der Waals surface area (Å²) in [5.74, 6) is 0. The van der Waals surface area contributed by atoms with Crippen LogP contribution < -0.4 is 10.6 Å². The van der Waals surface area contributed by atoms with Crippen molar-refractivity contribution in [1.29, 1.82) is 5.26 Å². The third-order valence-electron chi connectivity index (χ3n) is 2.73. The van der Waals surface area contributed by atoms with Gasteiger partial charge in [0.05, 0.1) is 11.3 Å². The van der Waals surface area contributed by atoms with Crippen molar-refractivity contribution in [3.8, 4) is 6.07 Å². The molecule has 0 aromatic heterocycles. The molecule has 0 aliphatic heterocycles. The van der Waals surface area contributed by atoms with E-state index in [4.69, 9.17) is 10.00 Å². The molecule has 23 heavy (non-hydrogen) atoms. The van der Waals surface area contributed by atoms with Crippen LogP contribution in [0.5, 0.6) is 0 Å². The molecule has 0 saturated carbocycles. The molecule has 0 saturated heterocycles. The average Bonchev–Trinajstić information content (AvgIpc) is 2.45. The van der Waals surface area contributed by atoms with Gasteiger partial charge in [0.25, 0.3) is 0 Å². The molecular weight excluding hydrogens is 296 g/mol. The maximum atomic E-state index is 11.8. The Kier molecular flexibility index (Phi) is 6.39. The number of rotatable bonds is 4. The lowest BCUT2D eigenvalue weighted by Crippen LogP contribution is -2.40. The van der Waals surface area contributed by atoms with Gasteiger partial charge in [-0.3, -0.25) is 0 Å². The predicted molar refractivity (Wildman–Crippen MR) is 87.0 cm³/mol. The highest BCUT2D eigenvalue weighted by molar-refractivity contribution is 5.90. The molecule has 7 heteroatoms. The highest BCUT2D eigenvalue weighted by Crippen LogP contribution is 2.13. The molecule has 1 rings (SSSR count). The molecule has 0 unspecified atom stereocenters. The van der Waals surface area contributed by atoms with E-state index in [1.807, 2.05) is 6.07 Å². The van der Waals surface area contributed by atoms with Gasteiger partial charge in [-0.15, -0.1) is 0 Å². The summed E-state index contributed by atoms with van der Waals surface area (Å²) < 4.78 is 5.21. The van der Waals surface area contributed by atoms with Gasteiger partial charge in [0.2, 0.25) is 0 Å². The molecule has 0 radical (unpaired) electrons. The first-order chi connectivity index (χ1) is 10.7. The second-order valence-corrected chi connectivity index (χ2v) is 5.94. The van der Waals surface area contributed by atoms with Gasteiger partial charge in [0.15, 0.2) is 0 Å². The molecular formula is C16H22N4O3. The number of urea groups is 1. The minimum atomic E-state index is -0.558. The topological polar surface area (TPSA) is 94.5 Å². The average molecular weight is 318 g/mol. The van der Waals surface area contributed by atoms with Crippen LogP contribution in [0.3, 0.4) is 0 Å². The predicted octanol–water partition coefficient (Wildman–Crippen LogP) is 2.55. The maximum absolute atomic E-state index is 11.8. The Morgan fingerprint density at radius 2 is 1.96 bits per heavy atom. The summed E-state index contributed by atoms with van der Waals surface area (Å²) >= 11 is 0. The van der Waals surface area contributed by atoms with Gasteiger partial charge >= 0.3 is 12.1 Å². The molecule has 0 fully saturated rings. The maximum Gasteiger partial charge on any atom is 0.410 e. The number of ether oxygens (including phenoxy) is 1. The Labute approximate surface area is 136 Å². The van der Waals surface area contributed by atoms with Crippen LogP contribution in [-0.4, -0.2) is 42.8 Å². The highest BCUT2D eigenvalue weighted by Gasteiger charge is 2.19. The number of nitrogens with zero attached hydrogens (tertiary/aromatic N) is 2. The molecule has 0 heterocycles. The van der Waals surface area contributed by atoms with Gasteiger partial charge in [-0.1, -0.05) is 12.1 Å². The van der Waals surface area contributed by atoms with Crippen LogP contribution in [0.4, 0.5) is 15.3 Å². The summed E-state index contributed by atoms with van der Waals surface area (Å²) in [6.45, 7) is 5.93. The van der Waals surface area contributed by atoms with E-state index in [0.29, 0.717) is 17.8 Å². The number of amides is 3. The van der Waals surface area contributed by atoms with Crippen molar-refractivity contribution >= 4 is 17.8 Å². The molecule has 0 aliphatic carbocycles. The van der Waals surface area contributed by atoms with E-state index in [-0.39, 0.29) is 6.54 Å². The lowest BCUT2D eigenvalue weighted by Gasteiger charge is -2.24. The van der Waals surface area contributed by atoms with E-state index in [9.17, 15) is 9.59 Å². The van der Waals surface area contributed by atoms with E-state index >= 15 is 0 Å². The Bertz CT molecular complexity index is 602. The number of hydrogen-bond acceptors (Lipinski definition) is 4. The first kappa shape index (κ1) is 18.3. The van der Waals surface area contributed by atoms with Crippen LogP contribution in [0.2, 0.25) is 0 Å². The molecule has 3 amide bonds. The van der Waals surface area contributed by atoms with Crippen molar-refractivity contribution < 1.29 is 14.3 Å². The molecule has 0 atom stereocenters. The number of para-hydroxylation sites is 1. The number of anilines is 1. The summed E-state index contributed by atoms with van der Waals surface area (Å²) in [5, 5.41) is 14.2. The van der Waals surface area contributed by atoms with Gasteiger partial charge in [-0.25, -0.2) is 9.59 Å². The normalized spacial score (nSPS) is 10.4. The second kappa shape index (κ2) is 8.03. The summed E-state index contributed by atoms with van der Waals surface area (Å²) in [6.07, 6.45) is -0.450. The lowest BCUT2D eigenvalue weighted by molar-refractivity contribution is 0.0301. The van der Waals surface area contributed by atoms with Crippen molar-refractivity contribution in [3.05, 3.63) is 29.8 Å². The second-order valence-electron chi connectivity index (χ2n) is 5.94. The number of hydrogen-bond donors (Lipinski definition) is 2. The summed E-state index contributed by atoms with van der Waals surface area (Å²) in [6, 6.07) is 8.27. The van der Waals surface area contributed by atoms with Gasteiger partial charge in [-0.2, -0.15) is 5.26 Å². The fourth-order valence-electron chi connectivity index (χ4n) is 1.62. The molecule has 0 aliphatic rings. The van der Waals surface area contributed by atoms with Crippen LogP contribution in [-0.2, 0) is 4.74 Å². The van der Waals surface area contributed by atoms with Crippen molar-refractivity contribution in [2.24, 2.45) is 0 Å². The molecule has 124 valence electrons. The molecule has 7 nitrogen and oxygen atoms in total. The molecule has 0 bridgehead atoms.